The second kappa shape index (κ2) is 8.19. The van der Waals surface area contributed by atoms with Gasteiger partial charge in [-0.2, -0.15) is 11.3 Å². The third-order valence-electron chi connectivity index (χ3n) is 7.20. The molecule has 2 aromatic rings. The summed E-state index contributed by atoms with van der Waals surface area (Å²) in [6, 6.07) is 9.01. The van der Waals surface area contributed by atoms with Gasteiger partial charge in [0.25, 0.3) is 5.91 Å². The van der Waals surface area contributed by atoms with Crippen molar-refractivity contribution in [3.8, 4) is 0 Å². The number of rotatable bonds is 5. The van der Waals surface area contributed by atoms with E-state index in [9.17, 15) is 9.18 Å². The van der Waals surface area contributed by atoms with Crippen molar-refractivity contribution in [1.29, 1.82) is 0 Å². The van der Waals surface area contributed by atoms with Gasteiger partial charge in [-0.25, -0.2) is 4.39 Å². The van der Waals surface area contributed by atoms with Crippen LogP contribution in [-0.4, -0.2) is 48.4 Å². The molecule has 1 amide bonds. The smallest absolute Gasteiger partial charge is 0.254 e. The summed E-state index contributed by atoms with van der Waals surface area (Å²) in [5.41, 5.74) is 2.13. The average Bonchev–Trinajstić information content (AvgIpc) is 3.26. The first-order valence-corrected chi connectivity index (χ1v) is 11.9. The van der Waals surface area contributed by atoms with Crippen molar-refractivity contribution in [2.24, 2.45) is 17.8 Å². The Morgan fingerprint density at radius 2 is 1.79 bits per heavy atom. The Kier molecular flexibility index (Phi) is 5.44. The Hall–Kier alpha value is -1.72. The third-order valence-corrected chi connectivity index (χ3v) is 7.88. The minimum Gasteiger partial charge on any atom is -0.338 e. The van der Waals surface area contributed by atoms with Crippen LogP contribution in [0.2, 0.25) is 0 Å². The van der Waals surface area contributed by atoms with Crippen LogP contribution < -0.4 is 0 Å². The number of thiophene rings is 1. The molecule has 1 aromatic carbocycles. The molecular weight excluding hydrogens is 383 g/mol. The fourth-order valence-electron chi connectivity index (χ4n) is 5.40. The molecule has 2 saturated heterocycles. The Morgan fingerprint density at radius 3 is 2.45 bits per heavy atom. The van der Waals surface area contributed by atoms with Gasteiger partial charge >= 0.3 is 0 Å². The lowest BCUT2D eigenvalue weighted by Crippen LogP contribution is -2.39. The number of hydrogen-bond donors (Lipinski definition) is 0. The molecule has 0 bridgehead atoms. The van der Waals surface area contributed by atoms with Crippen molar-refractivity contribution < 1.29 is 9.18 Å². The molecule has 3 nitrogen and oxygen atoms in total. The monoisotopic (exact) mass is 412 g/mol. The van der Waals surface area contributed by atoms with Crippen LogP contribution in [-0.2, 0) is 0 Å². The minimum atomic E-state index is -0.153. The SMILES string of the molecule is O=C(c1ccsc1)N1CC(CN2CCC(c3ccc(F)cc3)CC2)C(C2CC2)C1. The van der Waals surface area contributed by atoms with Gasteiger partial charge in [-0.15, -0.1) is 0 Å². The number of nitrogens with zero attached hydrogens (tertiary/aromatic N) is 2. The van der Waals surface area contributed by atoms with E-state index in [1.165, 1.54) is 18.4 Å². The lowest BCUT2D eigenvalue weighted by molar-refractivity contribution is 0.0780. The molecule has 0 N–H and O–H groups in total. The molecule has 3 fully saturated rings. The van der Waals surface area contributed by atoms with Crippen LogP contribution in [0.25, 0.3) is 0 Å². The predicted octanol–water partition coefficient (Wildman–Crippen LogP) is 4.87. The molecule has 29 heavy (non-hydrogen) atoms. The highest BCUT2D eigenvalue weighted by Crippen LogP contribution is 2.44. The van der Waals surface area contributed by atoms with Crippen molar-refractivity contribution in [1.82, 2.24) is 9.80 Å². The first-order chi connectivity index (χ1) is 14.2. The number of piperidine rings is 1. The second-order valence-corrected chi connectivity index (χ2v) is 9.89. The predicted molar refractivity (Wildman–Crippen MR) is 115 cm³/mol. The summed E-state index contributed by atoms with van der Waals surface area (Å²) in [4.78, 5) is 17.6. The Bertz CT molecular complexity index is 825. The standard InChI is InChI=1S/C24H29FN2OS/c25-22-5-3-17(4-6-22)18-7-10-26(11-8-18)13-21-14-27(15-23(21)19-1-2-19)24(28)20-9-12-29-16-20/h3-6,9,12,16,18-19,21,23H,1-2,7-8,10-11,13-15H2. The Morgan fingerprint density at radius 1 is 1.03 bits per heavy atom. The van der Waals surface area contributed by atoms with Crippen LogP contribution in [0.5, 0.6) is 0 Å². The van der Waals surface area contributed by atoms with E-state index in [1.54, 1.807) is 23.5 Å². The van der Waals surface area contributed by atoms with E-state index in [0.717, 1.165) is 57.0 Å². The number of benzene rings is 1. The molecule has 154 valence electrons. The molecule has 0 spiro atoms. The van der Waals surface area contributed by atoms with Gasteiger partial charge in [-0.05, 0) is 91.6 Å². The number of carbonyl (C=O) groups is 1. The summed E-state index contributed by atoms with van der Waals surface area (Å²) in [7, 11) is 0. The van der Waals surface area contributed by atoms with Crippen LogP contribution in [0.1, 0.15) is 47.5 Å². The van der Waals surface area contributed by atoms with Gasteiger partial charge < -0.3 is 9.80 Å². The van der Waals surface area contributed by atoms with Gasteiger partial charge in [-0.3, -0.25) is 4.79 Å². The van der Waals surface area contributed by atoms with Crippen LogP contribution in [0.3, 0.4) is 0 Å². The lowest BCUT2D eigenvalue weighted by atomic mass is 9.87. The van der Waals surface area contributed by atoms with Crippen molar-refractivity contribution in [2.45, 2.75) is 31.6 Å². The molecule has 3 heterocycles. The second-order valence-electron chi connectivity index (χ2n) is 9.11. The molecule has 1 aromatic heterocycles. The maximum Gasteiger partial charge on any atom is 0.254 e. The molecule has 3 aliphatic rings. The zero-order chi connectivity index (χ0) is 19.8. The van der Waals surface area contributed by atoms with E-state index in [-0.39, 0.29) is 11.7 Å². The highest BCUT2D eigenvalue weighted by Gasteiger charge is 2.44. The van der Waals surface area contributed by atoms with E-state index in [4.69, 9.17) is 0 Å². The minimum absolute atomic E-state index is 0.153. The summed E-state index contributed by atoms with van der Waals surface area (Å²) in [5, 5.41) is 3.96. The number of likely N-dealkylation sites (tertiary alicyclic amines) is 2. The molecule has 2 atom stereocenters. The molecule has 2 aliphatic heterocycles. The summed E-state index contributed by atoms with van der Waals surface area (Å²) in [6.07, 6.45) is 4.97. The Labute approximate surface area is 176 Å². The summed E-state index contributed by atoms with van der Waals surface area (Å²) < 4.78 is 13.2. The van der Waals surface area contributed by atoms with Crippen molar-refractivity contribution in [3.05, 3.63) is 58.0 Å². The normalized spacial score (nSPS) is 26.2. The number of carbonyl (C=O) groups excluding carboxylic acids is 1. The largest absolute Gasteiger partial charge is 0.338 e. The van der Waals surface area contributed by atoms with Crippen LogP contribution in [0.4, 0.5) is 4.39 Å². The fourth-order valence-corrected chi connectivity index (χ4v) is 6.03. The maximum absolute atomic E-state index is 13.2. The van der Waals surface area contributed by atoms with Crippen LogP contribution in [0, 0.1) is 23.6 Å². The van der Waals surface area contributed by atoms with Gasteiger partial charge in [0.1, 0.15) is 5.82 Å². The molecular formula is C24H29FN2OS. The topological polar surface area (TPSA) is 23.6 Å². The first kappa shape index (κ1) is 19.3. The van der Waals surface area contributed by atoms with E-state index in [2.05, 4.69) is 9.80 Å². The molecule has 2 unspecified atom stereocenters. The highest BCUT2D eigenvalue weighted by atomic mass is 32.1. The van der Waals surface area contributed by atoms with E-state index in [1.807, 2.05) is 29.0 Å². The van der Waals surface area contributed by atoms with E-state index in [0.29, 0.717) is 17.8 Å². The van der Waals surface area contributed by atoms with E-state index < -0.39 is 0 Å². The highest BCUT2D eigenvalue weighted by molar-refractivity contribution is 7.08. The number of halogens is 1. The van der Waals surface area contributed by atoms with Crippen LogP contribution >= 0.6 is 11.3 Å². The first-order valence-electron chi connectivity index (χ1n) is 11.0. The van der Waals surface area contributed by atoms with Gasteiger partial charge in [0.15, 0.2) is 0 Å². The number of amides is 1. The van der Waals surface area contributed by atoms with Gasteiger partial charge in [-0.1, -0.05) is 12.1 Å². The zero-order valence-corrected chi connectivity index (χ0v) is 17.6. The third kappa shape index (κ3) is 4.26. The van der Waals surface area contributed by atoms with Crippen LogP contribution in [0.15, 0.2) is 41.1 Å². The molecule has 1 saturated carbocycles. The summed E-state index contributed by atoms with van der Waals surface area (Å²) in [5.74, 6) is 2.72. The van der Waals surface area contributed by atoms with Gasteiger partial charge in [0.2, 0.25) is 0 Å². The van der Waals surface area contributed by atoms with Gasteiger partial charge in [0, 0.05) is 25.0 Å². The van der Waals surface area contributed by atoms with E-state index >= 15 is 0 Å². The molecule has 5 rings (SSSR count). The summed E-state index contributed by atoms with van der Waals surface area (Å²) in [6.45, 7) is 5.18. The van der Waals surface area contributed by atoms with Crippen molar-refractivity contribution >= 4 is 17.2 Å². The fraction of sp³-hybridized carbons (Fsp3) is 0.542. The molecule has 0 radical (unpaired) electrons. The quantitative estimate of drug-likeness (QED) is 0.700. The van der Waals surface area contributed by atoms with Crippen molar-refractivity contribution in [2.75, 3.05) is 32.7 Å². The average molecular weight is 413 g/mol. The van der Waals surface area contributed by atoms with Gasteiger partial charge in [0.05, 0.1) is 5.56 Å². The number of hydrogen-bond acceptors (Lipinski definition) is 3. The molecule has 5 heteroatoms. The molecule has 1 aliphatic carbocycles. The lowest BCUT2D eigenvalue weighted by Gasteiger charge is -2.34. The summed E-state index contributed by atoms with van der Waals surface area (Å²) >= 11 is 1.60. The Balaban J connectivity index is 1.18. The maximum atomic E-state index is 13.2. The van der Waals surface area contributed by atoms with Crippen molar-refractivity contribution in [3.63, 3.8) is 0 Å². The zero-order valence-electron chi connectivity index (χ0n) is 16.8.